The minimum Gasteiger partial charge on any atom is -0.397 e. The van der Waals surface area contributed by atoms with Crippen LogP contribution in [0.25, 0.3) is 0 Å². The average Bonchev–Trinajstić information content (AvgIpc) is 2.63. The monoisotopic (exact) mass is 335 g/mol. The lowest BCUT2D eigenvalue weighted by atomic mass is 10.0. The van der Waals surface area contributed by atoms with E-state index in [0.717, 1.165) is 16.8 Å². The first kappa shape index (κ1) is 18.5. The molecule has 0 radical (unpaired) electrons. The van der Waals surface area contributed by atoms with Gasteiger partial charge in [-0.2, -0.15) is 0 Å². The van der Waals surface area contributed by atoms with Crippen molar-refractivity contribution >= 4 is 5.69 Å². The van der Waals surface area contributed by atoms with E-state index in [-0.39, 0.29) is 0 Å². The minimum atomic E-state index is -0.616. The standard InChI is InChI=1S/C21H25N3O/c1-3-20(24(23)18-12-8-5-9-13-18)19(22)14-16(2)15-21(25)17-10-6-4-7-11-17/h3-14,21,25H,2,15,22-23H2,1H3/b19-14+,20-3+. The average molecular weight is 335 g/mol. The van der Waals surface area contributed by atoms with Crippen LogP contribution in [0.3, 0.4) is 0 Å². The highest BCUT2D eigenvalue weighted by molar-refractivity contribution is 5.55. The number of hydrogen-bond acceptors (Lipinski definition) is 4. The van der Waals surface area contributed by atoms with E-state index in [4.69, 9.17) is 11.6 Å². The molecule has 2 aromatic carbocycles. The van der Waals surface area contributed by atoms with Gasteiger partial charge in [-0.05, 0) is 30.7 Å². The van der Waals surface area contributed by atoms with Crippen LogP contribution < -0.4 is 16.6 Å². The molecule has 0 bridgehead atoms. The van der Waals surface area contributed by atoms with Gasteiger partial charge in [-0.15, -0.1) is 0 Å². The predicted molar refractivity (Wildman–Crippen MR) is 104 cm³/mol. The van der Waals surface area contributed by atoms with Crippen molar-refractivity contribution in [1.82, 2.24) is 0 Å². The quantitative estimate of drug-likeness (QED) is 0.409. The van der Waals surface area contributed by atoms with E-state index >= 15 is 0 Å². The van der Waals surface area contributed by atoms with E-state index in [0.29, 0.717) is 17.8 Å². The second-order valence-electron chi connectivity index (χ2n) is 5.77. The van der Waals surface area contributed by atoms with Crippen LogP contribution in [0.5, 0.6) is 0 Å². The molecule has 4 nitrogen and oxygen atoms in total. The minimum absolute atomic E-state index is 0.400. The van der Waals surface area contributed by atoms with Gasteiger partial charge in [-0.3, -0.25) is 5.01 Å². The van der Waals surface area contributed by atoms with Gasteiger partial charge in [-0.25, -0.2) is 5.84 Å². The third-order valence-corrected chi connectivity index (χ3v) is 3.86. The molecule has 130 valence electrons. The van der Waals surface area contributed by atoms with Gasteiger partial charge in [-0.1, -0.05) is 66.8 Å². The van der Waals surface area contributed by atoms with E-state index in [1.165, 1.54) is 5.01 Å². The Morgan fingerprint density at radius 1 is 1.12 bits per heavy atom. The third kappa shape index (κ3) is 5.08. The van der Waals surface area contributed by atoms with Crippen LogP contribution in [0.1, 0.15) is 25.0 Å². The molecule has 0 heterocycles. The lowest BCUT2D eigenvalue weighted by Crippen LogP contribution is -2.32. The number of aliphatic hydroxyl groups excluding tert-OH is 1. The Kier molecular flexibility index (Phi) is 6.57. The second kappa shape index (κ2) is 8.87. The zero-order chi connectivity index (χ0) is 18.2. The van der Waals surface area contributed by atoms with Crippen molar-refractivity contribution in [3.8, 4) is 0 Å². The number of aliphatic hydroxyl groups is 1. The summed E-state index contributed by atoms with van der Waals surface area (Å²) in [6.07, 6.45) is 3.39. The second-order valence-corrected chi connectivity index (χ2v) is 5.77. The van der Waals surface area contributed by atoms with Crippen molar-refractivity contribution in [2.24, 2.45) is 11.6 Å². The molecule has 4 heteroatoms. The Bertz CT molecular complexity index is 751. The fourth-order valence-electron chi connectivity index (χ4n) is 2.57. The Balaban J connectivity index is 2.09. The maximum Gasteiger partial charge on any atom is 0.0830 e. The smallest absolute Gasteiger partial charge is 0.0830 e. The first-order chi connectivity index (χ1) is 12.0. The Hall–Kier alpha value is -2.82. The summed E-state index contributed by atoms with van der Waals surface area (Å²) in [4.78, 5) is 0. The molecule has 2 aromatic rings. The molecule has 0 aliphatic heterocycles. The fourth-order valence-corrected chi connectivity index (χ4v) is 2.57. The lowest BCUT2D eigenvalue weighted by Gasteiger charge is -2.22. The van der Waals surface area contributed by atoms with Gasteiger partial charge in [0.2, 0.25) is 0 Å². The van der Waals surface area contributed by atoms with Gasteiger partial charge < -0.3 is 10.8 Å². The number of rotatable bonds is 7. The molecule has 0 amide bonds. The Labute approximate surface area is 149 Å². The molecular weight excluding hydrogens is 310 g/mol. The van der Waals surface area contributed by atoms with Gasteiger partial charge in [0, 0.05) is 6.42 Å². The zero-order valence-electron chi connectivity index (χ0n) is 14.5. The summed E-state index contributed by atoms with van der Waals surface area (Å²) in [6.45, 7) is 5.88. The van der Waals surface area contributed by atoms with E-state index in [1.54, 1.807) is 6.08 Å². The summed E-state index contributed by atoms with van der Waals surface area (Å²) in [7, 11) is 0. The van der Waals surface area contributed by atoms with Crippen LogP contribution >= 0.6 is 0 Å². The predicted octanol–water partition coefficient (Wildman–Crippen LogP) is 3.79. The van der Waals surface area contributed by atoms with Gasteiger partial charge in [0.15, 0.2) is 0 Å². The van der Waals surface area contributed by atoms with Crippen molar-refractivity contribution in [2.75, 3.05) is 5.01 Å². The van der Waals surface area contributed by atoms with Crippen molar-refractivity contribution < 1.29 is 5.11 Å². The van der Waals surface area contributed by atoms with E-state index in [2.05, 4.69) is 6.58 Å². The first-order valence-electron chi connectivity index (χ1n) is 8.17. The molecule has 0 aromatic heterocycles. The summed E-state index contributed by atoms with van der Waals surface area (Å²) < 4.78 is 0. The van der Waals surface area contributed by atoms with E-state index < -0.39 is 6.10 Å². The lowest BCUT2D eigenvalue weighted by molar-refractivity contribution is 0.179. The highest BCUT2D eigenvalue weighted by Crippen LogP contribution is 2.23. The van der Waals surface area contributed by atoms with Crippen LogP contribution in [0, 0.1) is 0 Å². The summed E-state index contributed by atoms with van der Waals surface area (Å²) in [5.74, 6) is 6.18. The highest BCUT2D eigenvalue weighted by Gasteiger charge is 2.12. The molecule has 5 N–H and O–H groups in total. The number of anilines is 1. The molecule has 0 fully saturated rings. The molecule has 25 heavy (non-hydrogen) atoms. The van der Waals surface area contributed by atoms with Crippen LogP contribution in [-0.2, 0) is 0 Å². The Morgan fingerprint density at radius 3 is 2.24 bits per heavy atom. The topological polar surface area (TPSA) is 75.5 Å². The number of nitrogens with zero attached hydrogens (tertiary/aromatic N) is 1. The molecule has 0 saturated heterocycles. The maximum atomic E-state index is 10.3. The van der Waals surface area contributed by atoms with Gasteiger partial charge >= 0.3 is 0 Å². The fraction of sp³-hybridized carbons (Fsp3) is 0.143. The van der Waals surface area contributed by atoms with Crippen LogP contribution in [0.4, 0.5) is 5.69 Å². The molecule has 1 unspecified atom stereocenters. The molecular formula is C21H25N3O. The summed E-state index contributed by atoms with van der Waals surface area (Å²) >= 11 is 0. The molecule has 2 rings (SSSR count). The molecule has 0 aliphatic rings. The first-order valence-corrected chi connectivity index (χ1v) is 8.17. The van der Waals surface area contributed by atoms with Gasteiger partial charge in [0.05, 0.1) is 23.2 Å². The van der Waals surface area contributed by atoms with Crippen molar-refractivity contribution in [3.05, 3.63) is 102 Å². The normalized spacial score (nSPS) is 13.4. The van der Waals surface area contributed by atoms with Crippen molar-refractivity contribution in [3.63, 3.8) is 0 Å². The number of hydrazine groups is 1. The molecule has 0 spiro atoms. The number of nitrogens with two attached hydrogens (primary N) is 2. The van der Waals surface area contributed by atoms with Crippen molar-refractivity contribution in [2.45, 2.75) is 19.4 Å². The van der Waals surface area contributed by atoms with Crippen LogP contribution in [0.15, 0.2) is 96.4 Å². The summed E-state index contributed by atoms with van der Waals surface area (Å²) in [5.41, 5.74) is 9.81. The zero-order valence-corrected chi connectivity index (χ0v) is 14.5. The van der Waals surface area contributed by atoms with E-state index in [9.17, 15) is 5.11 Å². The summed E-state index contributed by atoms with van der Waals surface area (Å²) in [6, 6.07) is 19.1. The number of benzene rings is 2. The Morgan fingerprint density at radius 2 is 1.68 bits per heavy atom. The number of para-hydroxylation sites is 1. The molecule has 1 atom stereocenters. The van der Waals surface area contributed by atoms with Gasteiger partial charge in [0.25, 0.3) is 0 Å². The number of hydrogen-bond donors (Lipinski definition) is 3. The number of allylic oxidation sites excluding steroid dienone is 2. The summed E-state index contributed by atoms with van der Waals surface area (Å²) in [5, 5.41) is 11.8. The third-order valence-electron chi connectivity index (χ3n) is 3.86. The highest BCUT2D eigenvalue weighted by atomic mass is 16.3. The van der Waals surface area contributed by atoms with E-state index in [1.807, 2.05) is 73.7 Å². The molecule has 0 saturated carbocycles. The maximum absolute atomic E-state index is 10.3. The largest absolute Gasteiger partial charge is 0.397 e. The van der Waals surface area contributed by atoms with Crippen molar-refractivity contribution in [1.29, 1.82) is 0 Å². The van der Waals surface area contributed by atoms with Crippen LogP contribution in [-0.4, -0.2) is 5.11 Å². The van der Waals surface area contributed by atoms with Gasteiger partial charge in [0.1, 0.15) is 0 Å². The van der Waals surface area contributed by atoms with Crippen LogP contribution in [0.2, 0.25) is 0 Å². The molecule has 0 aliphatic carbocycles. The SMILES string of the molecule is C=C(/C=C(N)\C(=C/C)N(N)c1ccccc1)CC(O)c1ccccc1.